The smallest absolute Gasteiger partial charge is 0.292 e. The fraction of sp³-hybridized carbons (Fsp3) is 0.500. The van der Waals surface area contributed by atoms with Crippen molar-refractivity contribution in [3.63, 3.8) is 0 Å². The van der Waals surface area contributed by atoms with Crippen molar-refractivity contribution in [3.05, 3.63) is 21.6 Å². The molecule has 1 aromatic rings. The van der Waals surface area contributed by atoms with Crippen LogP contribution in [0.3, 0.4) is 0 Å². The maximum atomic E-state index is 11.9. The van der Waals surface area contributed by atoms with E-state index in [1.54, 1.807) is 0 Å². The standard InChI is InChI=1S/C12H16ClN3O2/c1-3-7-16-12(17)11(10(13)9-15-16)14-6-5-8-18-4-2/h1,9,14H,4-8H2,2H3. The largest absolute Gasteiger partial charge is 0.382 e. The Hall–Kier alpha value is -1.51. The third kappa shape index (κ3) is 4.06. The van der Waals surface area contributed by atoms with Crippen LogP contribution in [0, 0.1) is 12.3 Å². The average molecular weight is 270 g/mol. The summed E-state index contributed by atoms with van der Waals surface area (Å²) < 4.78 is 6.39. The first-order chi connectivity index (χ1) is 8.70. The number of halogens is 1. The minimum absolute atomic E-state index is 0.129. The normalized spacial score (nSPS) is 10.1. The van der Waals surface area contributed by atoms with Gasteiger partial charge in [-0.05, 0) is 13.3 Å². The molecule has 98 valence electrons. The van der Waals surface area contributed by atoms with Gasteiger partial charge in [0, 0.05) is 19.8 Å². The monoisotopic (exact) mass is 269 g/mol. The van der Waals surface area contributed by atoms with Gasteiger partial charge in [-0.25, -0.2) is 4.68 Å². The van der Waals surface area contributed by atoms with E-state index in [-0.39, 0.29) is 12.1 Å². The van der Waals surface area contributed by atoms with E-state index in [2.05, 4.69) is 16.3 Å². The number of anilines is 1. The lowest BCUT2D eigenvalue weighted by molar-refractivity contribution is 0.147. The first kappa shape index (κ1) is 14.6. The van der Waals surface area contributed by atoms with Gasteiger partial charge in [0.25, 0.3) is 5.56 Å². The molecule has 1 heterocycles. The molecule has 0 aliphatic carbocycles. The summed E-state index contributed by atoms with van der Waals surface area (Å²) in [5, 5.41) is 7.13. The molecule has 0 radical (unpaired) electrons. The van der Waals surface area contributed by atoms with E-state index in [4.69, 9.17) is 22.8 Å². The Morgan fingerprint density at radius 1 is 1.67 bits per heavy atom. The Morgan fingerprint density at radius 2 is 2.44 bits per heavy atom. The van der Waals surface area contributed by atoms with Crippen LogP contribution in [0.4, 0.5) is 5.69 Å². The van der Waals surface area contributed by atoms with Gasteiger partial charge in [-0.1, -0.05) is 17.5 Å². The van der Waals surface area contributed by atoms with E-state index < -0.39 is 0 Å². The second-order valence-electron chi connectivity index (χ2n) is 3.51. The summed E-state index contributed by atoms with van der Waals surface area (Å²) >= 11 is 5.92. The van der Waals surface area contributed by atoms with E-state index in [0.717, 1.165) is 6.42 Å². The van der Waals surface area contributed by atoms with Gasteiger partial charge in [-0.15, -0.1) is 6.42 Å². The van der Waals surface area contributed by atoms with Crippen LogP contribution in [0.25, 0.3) is 0 Å². The predicted octanol–water partition coefficient (Wildman–Crippen LogP) is 1.37. The number of ether oxygens (including phenoxy) is 1. The minimum Gasteiger partial charge on any atom is -0.382 e. The van der Waals surface area contributed by atoms with Crippen LogP contribution >= 0.6 is 11.6 Å². The molecule has 0 saturated carbocycles. The van der Waals surface area contributed by atoms with Crippen molar-refractivity contribution in [2.75, 3.05) is 25.1 Å². The van der Waals surface area contributed by atoms with Crippen molar-refractivity contribution in [2.45, 2.75) is 19.9 Å². The van der Waals surface area contributed by atoms with Crippen LogP contribution in [-0.4, -0.2) is 29.5 Å². The Kier molecular flexibility index (Phi) is 6.26. The molecule has 0 aromatic carbocycles. The second kappa shape index (κ2) is 7.75. The molecule has 0 bridgehead atoms. The molecule has 1 rings (SSSR count). The number of nitrogens with one attached hydrogen (secondary N) is 1. The van der Waals surface area contributed by atoms with Gasteiger partial charge in [-0.2, -0.15) is 5.10 Å². The lowest BCUT2D eigenvalue weighted by atomic mass is 10.4. The number of aromatic nitrogens is 2. The van der Waals surface area contributed by atoms with E-state index in [1.165, 1.54) is 10.9 Å². The van der Waals surface area contributed by atoms with Crippen LogP contribution in [0.15, 0.2) is 11.0 Å². The molecular weight excluding hydrogens is 254 g/mol. The Balaban J connectivity index is 2.67. The van der Waals surface area contributed by atoms with E-state index in [0.29, 0.717) is 30.5 Å². The van der Waals surface area contributed by atoms with Crippen molar-refractivity contribution in [1.29, 1.82) is 0 Å². The molecule has 6 heteroatoms. The van der Waals surface area contributed by atoms with Crippen LogP contribution in [0.2, 0.25) is 5.02 Å². The topological polar surface area (TPSA) is 56.1 Å². The van der Waals surface area contributed by atoms with Crippen molar-refractivity contribution < 1.29 is 4.74 Å². The SMILES string of the molecule is C#CCn1ncc(Cl)c(NCCCOCC)c1=O. The fourth-order valence-electron chi connectivity index (χ4n) is 1.36. The quantitative estimate of drug-likeness (QED) is 0.600. The van der Waals surface area contributed by atoms with E-state index in [9.17, 15) is 4.79 Å². The fourth-order valence-corrected chi connectivity index (χ4v) is 1.55. The highest BCUT2D eigenvalue weighted by molar-refractivity contribution is 6.32. The van der Waals surface area contributed by atoms with Gasteiger partial charge >= 0.3 is 0 Å². The predicted molar refractivity (Wildman–Crippen MR) is 71.9 cm³/mol. The third-order valence-corrected chi connectivity index (χ3v) is 2.50. The summed E-state index contributed by atoms with van der Waals surface area (Å²) in [6.45, 7) is 4.00. The highest BCUT2D eigenvalue weighted by Gasteiger charge is 2.08. The number of terminal acetylenes is 1. The molecular formula is C12H16ClN3O2. The Labute approximate surface area is 111 Å². The van der Waals surface area contributed by atoms with Crippen molar-refractivity contribution in [1.82, 2.24) is 9.78 Å². The van der Waals surface area contributed by atoms with E-state index in [1.807, 2.05) is 6.92 Å². The minimum atomic E-state index is -0.308. The summed E-state index contributed by atoms with van der Waals surface area (Å²) in [4.78, 5) is 11.9. The lowest BCUT2D eigenvalue weighted by Gasteiger charge is -2.09. The summed E-state index contributed by atoms with van der Waals surface area (Å²) in [5.41, 5.74) is 0.0234. The zero-order chi connectivity index (χ0) is 13.4. The van der Waals surface area contributed by atoms with Gasteiger partial charge in [0.15, 0.2) is 0 Å². The summed E-state index contributed by atoms with van der Waals surface area (Å²) in [6, 6.07) is 0. The van der Waals surface area contributed by atoms with Crippen LogP contribution in [0.1, 0.15) is 13.3 Å². The molecule has 18 heavy (non-hydrogen) atoms. The highest BCUT2D eigenvalue weighted by atomic mass is 35.5. The average Bonchev–Trinajstić information content (AvgIpc) is 2.36. The molecule has 0 saturated heterocycles. The van der Waals surface area contributed by atoms with Gasteiger partial charge < -0.3 is 10.1 Å². The first-order valence-electron chi connectivity index (χ1n) is 5.71. The van der Waals surface area contributed by atoms with Crippen molar-refractivity contribution in [3.8, 4) is 12.3 Å². The molecule has 1 N–H and O–H groups in total. The lowest BCUT2D eigenvalue weighted by Crippen LogP contribution is -2.26. The second-order valence-corrected chi connectivity index (χ2v) is 3.92. The number of hydrogen-bond acceptors (Lipinski definition) is 4. The van der Waals surface area contributed by atoms with Crippen molar-refractivity contribution >= 4 is 17.3 Å². The highest BCUT2D eigenvalue weighted by Crippen LogP contribution is 2.14. The van der Waals surface area contributed by atoms with Gasteiger partial charge in [0.2, 0.25) is 0 Å². The molecule has 0 atom stereocenters. The summed E-state index contributed by atoms with van der Waals surface area (Å²) in [7, 11) is 0. The number of rotatable bonds is 7. The molecule has 0 unspecified atom stereocenters. The molecule has 0 aliphatic heterocycles. The number of nitrogens with zero attached hydrogens (tertiary/aromatic N) is 2. The molecule has 0 spiro atoms. The summed E-state index contributed by atoms with van der Waals surface area (Å²) in [5.74, 6) is 2.37. The summed E-state index contributed by atoms with van der Waals surface area (Å²) in [6.07, 6.45) is 7.35. The molecule has 0 amide bonds. The van der Waals surface area contributed by atoms with Gasteiger partial charge in [0.1, 0.15) is 12.2 Å². The van der Waals surface area contributed by atoms with Crippen molar-refractivity contribution in [2.24, 2.45) is 0 Å². The molecule has 0 fully saturated rings. The zero-order valence-electron chi connectivity index (χ0n) is 10.3. The van der Waals surface area contributed by atoms with Gasteiger partial charge in [-0.3, -0.25) is 4.79 Å². The third-order valence-electron chi connectivity index (χ3n) is 2.21. The zero-order valence-corrected chi connectivity index (χ0v) is 11.0. The number of hydrogen-bond donors (Lipinski definition) is 1. The van der Waals surface area contributed by atoms with Crippen LogP contribution < -0.4 is 10.9 Å². The molecule has 0 aliphatic rings. The first-order valence-corrected chi connectivity index (χ1v) is 6.09. The Bertz CT molecular complexity index is 479. The maximum absolute atomic E-state index is 11.9. The molecule has 1 aromatic heterocycles. The Morgan fingerprint density at radius 3 is 3.11 bits per heavy atom. The van der Waals surface area contributed by atoms with Gasteiger partial charge in [0.05, 0.1) is 11.2 Å². The molecule has 5 nitrogen and oxygen atoms in total. The maximum Gasteiger partial charge on any atom is 0.292 e. The van der Waals surface area contributed by atoms with Crippen LogP contribution in [0.5, 0.6) is 0 Å². The van der Waals surface area contributed by atoms with Crippen LogP contribution in [-0.2, 0) is 11.3 Å². The van der Waals surface area contributed by atoms with E-state index >= 15 is 0 Å².